The van der Waals surface area contributed by atoms with E-state index in [0.29, 0.717) is 33.5 Å². The van der Waals surface area contributed by atoms with Gasteiger partial charge in [-0.2, -0.15) is 0 Å². The minimum Gasteiger partial charge on any atom is -0.436 e. The summed E-state index contributed by atoms with van der Waals surface area (Å²) in [4.78, 5) is 20.1. The molecule has 3 aliphatic heterocycles. The quantitative estimate of drug-likeness (QED) is 0.719. The van der Waals surface area contributed by atoms with Crippen LogP contribution in [0.25, 0.3) is 22.6 Å². The number of aryl methyl sites for hydroxylation is 1. The highest BCUT2D eigenvalue weighted by Crippen LogP contribution is 2.31. The van der Waals surface area contributed by atoms with Gasteiger partial charge in [0.15, 0.2) is 5.58 Å². The number of carbonyl (C=O) groups excluding carboxylic acids is 1. The summed E-state index contributed by atoms with van der Waals surface area (Å²) in [6.07, 6.45) is 2.30. The predicted molar refractivity (Wildman–Crippen MR) is 110 cm³/mol. The third kappa shape index (κ3) is 3.19. The Morgan fingerprint density at radius 3 is 2.64 bits per heavy atom. The monoisotopic (exact) mass is 395 g/mol. The smallest absolute Gasteiger partial charge is 0.253 e. The molecule has 0 aliphatic carbocycles. The molecule has 6 rings (SSSR count). The maximum Gasteiger partial charge on any atom is 0.253 e. The van der Waals surface area contributed by atoms with Crippen molar-refractivity contribution in [2.75, 3.05) is 19.6 Å². The van der Waals surface area contributed by atoms with Gasteiger partial charge in [0.05, 0.1) is 5.56 Å². The van der Waals surface area contributed by atoms with E-state index in [1.54, 1.807) is 12.1 Å². The van der Waals surface area contributed by atoms with Gasteiger partial charge in [-0.25, -0.2) is 4.98 Å². The van der Waals surface area contributed by atoms with Crippen LogP contribution in [0.4, 0.5) is 0 Å². The van der Waals surface area contributed by atoms with Gasteiger partial charge in [-0.15, -0.1) is 0 Å². The maximum absolute atomic E-state index is 13.1. The first-order valence-electron chi connectivity index (χ1n) is 9.77. The van der Waals surface area contributed by atoms with Crippen LogP contribution in [0.3, 0.4) is 0 Å². The summed E-state index contributed by atoms with van der Waals surface area (Å²) < 4.78 is 5.92. The van der Waals surface area contributed by atoms with Crippen molar-refractivity contribution in [3.63, 3.8) is 0 Å². The molecule has 28 heavy (non-hydrogen) atoms. The second kappa shape index (κ2) is 6.90. The van der Waals surface area contributed by atoms with E-state index in [2.05, 4.69) is 15.2 Å². The standard InChI is InChI=1S/C22H22ClN3O2/c1-13-2-4-15(5-3-13)22-25-20-17(10-16(23)11-19(20)28-22)21(27)24-18-12-26-8-6-14(18)7-9-26/h2-5,10-11,14,18H,6-9,12H2,1H3,(H,24,27). The first kappa shape index (κ1) is 17.7. The number of halogens is 1. The predicted octanol–water partition coefficient (Wildman–Crippen LogP) is 4.28. The van der Waals surface area contributed by atoms with Crippen molar-refractivity contribution in [1.29, 1.82) is 0 Å². The number of nitrogens with zero attached hydrogens (tertiary/aromatic N) is 2. The summed E-state index contributed by atoms with van der Waals surface area (Å²) in [5.74, 6) is 0.924. The molecule has 144 valence electrons. The Morgan fingerprint density at radius 1 is 1.21 bits per heavy atom. The first-order valence-corrected chi connectivity index (χ1v) is 10.1. The highest BCUT2D eigenvalue weighted by molar-refractivity contribution is 6.32. The first-order chi connectivity index (χ1) is 13.6. The van der Waals surface area contributed by atoms with Crippen molar-refractivity contribution in [3.8, 4) is 11.5 Å². The molecule has 0 saturated carbocycles. The van der Waals surface area contributed by atoms with Gasteiger partial charge in [-0.1, -0.05) is 29.3 Å². The van der Waals surface area contributed by atoms with Gasteiger partial charge in [-0.3, -0.25) is 4.79 Å². The number of hydrogen-bond donors (Lipinski definition) is 1. The topological polar surface area (TPSA) is 58.4 Å². The van der Waals surface area contributed by atoms with Crippen molar-refractivity contribution in [2.24, 2.45) is 5.92 Å². The fourth-order valence-corrected chi connectivity index (χ4v) is 4.57. The lowest BCUT2D eigenvalue weighted by Gasteiger charge is -2.44. The fourth-order valence-electron chi connectivity index (χ4n) is 4.36. The van der Waals surface area contributed by atoms with Crippen LogP contribution < -0.4 is 5.32 Å². The molecule has 3 aromatic rings. The highest BCUT2D eigenvalue weighted by atomic mass is 35.5. The summed E-state index contributed by atoms with van der Waals surface area (Å²) in [7, 11) is 0. The van der Waals surface area contributed by atoms with Crippen molar-refractivity contribution in [3.05, 3.63) is 52.5 Å². The fraction of sp³-hybridized carbons (Fsp3) is 0.364. The van der Waals surface area contributed by atoms with Gasteiger partial charge in [0.25, 0.3) is 5.91 Å². The van der Waals surface area contributed by atoms with Crippen molar-refractivity contribution < 1.29 is 9.21 Å². The molecular weight excluding hydrogens is 374 g/mol. The lowest BCUT2D eigenvalue weighted by Crippen LogP contribution is -2.57. The Balaban J connectivity index is 1.48. The van der Waals surface area contributed by atoms with Crippen LogP contribution in [0.5, 0.6) is 0 Å². The normalized spacial score (nSPS) is 23.9. The molecule has 3 aliphatic rings. The summed E-state index contributed by atoms with van der Waals surface area (Å²) in [5, 5.41) is 3.69. The summed E-state index contributed by atoms with van der Waals surface area (Å²) in [5.41, 5.74) is 3.60. The SMILES string of the molecule is Cc1ccc(-c2nc3c(C(=O)NC4CN5CCC4CC5)cc(Cl)cc3o2)cc1. The number of fused-ring (bicyclic) bond motifs is 4. The number of nitrogens with one attached hydrogen (secondary N) is 1. The molecule has 4 heterocycles. The molecule has 0 spiro atoms. The van der Waals surface area contributed by atoms with Crippen molar-refractivity contribution >= 4 is 28.6 Å². The Labute approximate surface area is 168 Å². The molecule has 1 atom stereocenters. The molecule has 3 saturated heterocycles. The average molecular weight is 396 g/mol. The van der Waals surface area contributed by atoms with Crippen molar-refractivity contribution in [1.82, 2.24) is 15.2 Å². The van der Waals surface area contributed by atoms with E-state index in [-0.39, 0.29) is 11.9 Å². The number of piperidine rings is 3. The Kier molecular flexibility index (Phi) is 4.37. The molecule has 1 unspecified atom stereocenters. The van der Waals surface area contributed by atoms with Crippen LogP contribution >= 0.6 is 11.6 Å². The third-order valence-corrected chi connectivity index (χ3v) is 6.19. The third-order valence-electron chi connectivity index (χ3n) is 5.98. The zero-order valence-corrected chi connectivity index (χ0v) is 16.5. The van der Waals surface area contributed by atoms with Gasteiger partial charge in [0.2, 0.25) is 5.89 Å². The Bertz CT molecular complexity index is 1040. The highest BCUT2D eigenvalue weighted by Gasteiger charge is 2.35. The van der Waals surface area contributed by atoms with E-state index in [9.17, 15) is 4.79 Å². The van der Waals surface area contributed by atoms with Gasteiger partial charge >= 0.3 is 0 Å². The molecule has 0 radical (unpaired) electrons. The van der Waals surface area contributed by atoms with Gasteiger partial charge in [-0.05, 0) is 57.0 Å². The number of carbonyl (C=O) groups is 1. The summed E-state index contributed by atoms with van der Waals surface area (Å²) in [6.45, 7) is 5.24. The molecule has 3 fully saturated rings. The number of benzene rings is 2. The number of oxazole rings is 1. The number of rotatable bonds is 3. The van der Waals surface area contributed by atoms with Gasteiger partial charge in [0.1, 0.15) is 5.52 Å². The zero-order chi connectivity index (χ0) is 19.3. The minimum atomic E-state index is -0.130. The molecule has 6 heteroatoms. The maximum atomic E-state index is 13.1. The van der Waals surface area contributed by atoms with Crippen LogP contribution in [0.2, 0.25) is 5.02 Å². The molecular formula is C22H22ClN3O2. The van der Waals surface area contributed by atoms with Crippen molar-refractivity contribution in [2.45, 2.75) is 25.8 Å². The van der Waals surface area contributed by atoms with E-state index in [1.807, 2.05) is 31.2 Å². The number of hydrogen-bond acceptors (Lipinski definition) is 4. The average Bonchev–Trinajstić information content (AvgIpc) is 3.12. The second-order valence-corrected chi connectivity index (χ2v) is 8.34. The number of aromatic nitrogens is 1. The second-order valence-electron chi connectivity index (χ2n) is 7.90. The molecule has 1 N–H and O–H groups in total. The van der Waals surface area contributed by atoms with Crippen LogP contribution in [-0.2, 0) is 0 Å². The molecule has 5 nitrogen and oxygen atoms in total. The zero-order valence-electron chi connectivity index (χ0n) is 15.7. The lowest BCUT2D eigenvalue weighted by atomic mass is 9.84. The molecule has 1 amide bonds. The molecule has 2 bridgehead atoms. The van der Waals surface area contributed by atoms with E-state index < -0.39 is 0 Å². The summed E-state index contributed by atoms with van der Waals surface area (Å²) in [6, 6.07) is 11.5. The Hall–Kier alpha value is -2.37. The van der Waals surface area contributed by atoms with Crippen LogP contribution in [0.1, 0.15) is 28.8 Å². The van der Waals surface area contributed by atoms with E-state index in [1.165, 1.54) is 5.56 Å². The Morgan fingerprint density at radius 2 is 1.96 bits per heavy atom. The van der Waals surface area contributed by atoms with Gasteiger partial charge in [0, 0.05) is 29.2 Å². The van der Waals surface area contributed by atoms with Crippen LogP contribution in [0.15, 0.2) is 40.8 Å². The largest absolute Gasteiger partial charge is 0.436 e. The van der Waals surface area contributed by atoms with Gasteiger partial charge < -0.3 is 14.6 Å². The molecule has 2 aromatic carbocycles. The van der Waals surface area contributed by atoms with Crippen LogP contribution in [0, 0.1) is 12.8 Å². The number of amides is 1. The van der Waals surface area contributed by atoms with E-state index in [4.69, 9.17) is 16.0 Å². The molecule has 1 aromatic heterocycles. The summed E-state index contributed by atoms with van der Waals surface area (Å²) >= 11 is 6.27. The van der Waals surface area contributed by atoms with E-state index >= 15 is 0 Å². The van der Waals surface area contributed by atoms with E-state index in [0.717, 1.165) is 38.0 Å². The minimum absolute atomic E-state index is 0.130. The van der Waals surface area contributed by atoms with Crippen LogP contribution in [-0.4, -0.2) is 41.5 Å². The lowest BCUT2D eigenvalue weighted by molar-refractivity contribution is 0.0621.